The highest BCUT2D eigenvalue weighted by atomic mass is 28.4. The van der Waals surface area contributed by atoms with E-state index in [0.29, 0.717) is 11.8 Å². The fraction of sp³-hybridized carbons (Fsp3) is 0.500. The van der Waals surface area contributed by atoms with Crippen LogP contribution in [-0.4, -0.2) is 14.9 Å². The second kappa shape index (κ2) is 5.41. The predicted octanol–water partition coefficient (Wildman–Crippen LogP) is 4.59. The monoisotopic (exact) mass is 260 g/mol. The maximum absolute atomic E-state index is 6.11. The van der Waals surface area contributed by atoms with E-state index in [9.17, 15) is 0 Å². The molecule has 2 rings (SSSR count). The van der Waals surface area contributed by atoms with E-state index in [1.54, 1.807) is 0 Å². The quantitative estimate of drug-likeness (QED) is 0.568. The first-order valence-corrected chi connectivity index (χ1v) is 10.2. The molecule has 1 aromatic rings. The highest BCUT2D eigenvalue weighted by Gasteiger charge is 2.32. The van der Waals surface area contributed by atoms with Gasteiger partial charge in [0.1, 0.15) is 0 Å². The second-order valence-electron chi connectivity index (χ2n) is 6.36. The van der Waals surface area contributed by atoms with Crippen molar-refractivity contribution >= 4 is 8.32 Å². The molecule has 0 aromatic heterocycles. The zero-order valence-corrected chi connectivity index (χ0v) is 12.8. The van der Waals surface area contributed by atoms with E-state index in [4.69, 9.17) is 4.43 Å². The molecule has 0 saturated heterocycles. The Morgan fingerprint density at radius 2 is 1.83 bits per heavy atom. The molecule has 2 atom stereocenters. The molecular formula is C16H24OSi. The molecule has 0 aliphatic heterocycles. The van der Waals surface area contributed by atoms with E-state index in [2.05, 4.69) is 56.6 Å². The van der Waals surface area contributed by atoms with E-state index in [0.717, 1.165) is 19.4 Å². The molecule has 0 amide bonds. The summed E-state index contributed by atoms with van der Waals surface area (Å²) in [6.45, 7) is 11.9. The third-order valence-electron chi connectivity index (χ3n) is 3.59. The number of allylic oxidation sites excluding steroid dienone is 1. The van der Waals surface area contributed by atoms with Gasteiger partial charge in [0.05, 0.1) is 0 Å². The summed E-state index contributed by atoms with van der Waals surface area (Å²) in [5.41, 5.74) is 2.83. The van der Waals surface area contributed by atoms with E-state index >= 15 is 0 Å². The lowest BCUT2D eigenvalue weighted by Crippen LogP contribution is -2.29. The molecule has 2 heteroatoms. The van der Waals surface area contributed by atoms with Crippen LogP contribution >= 0.6 is 0 Å². The van der Waals surface area contributed by atoms with Gasteiger partial charge in [0.15, 0.2) is 8.32 Å². The van der Waals surface area contributed by atoms with Crippen LogP contribution in [0.3, 0.4) is 0 Å². The topological polar surface area (TPSA) is 9.23 Å². The van der Waals surface area contributed by atoms with Crippen LogP contribution in [0.25, 0.3) is 0 Å². The van der Waals surface area contributed by atoms with Crippen LogP contribution in [-0.2, 0) is 4.43 Å². The van der Waals surface area contributed by atoms with E-state index in [1.165, 1.54) is 11.1 Å². The Balaban J connectivity index is 2.06. The molecule has 0 bridgehead atoms. The molecule has 1 aromatic carbocycles. The van der Waals surface area contributed by atoms with Crippen LogP contribution in [0.2, 0.25) is 19.6 Å². The normalized spacial score (nSPS) is 24.5. The Bertz CT molecular complexity index is 405. The summed E-state index contributed by atoms with van der Waals surface area (Å²) in [4.78, 5) is 0. The molecule has 18 heavy (non-hydrogen) atoms. The average Bonchev–Trinajstić information content (AvgIpc) is 2.68. The summed E-state index contributed by atoms with van der Waals surface area (Å²) in [6, 6.07) is 10.8. The van der Waals surface area contributed by atoms with Crippen LogP contribution in [0.4, 0.5) is 0 Å². The van der Waals surface area contributed by atoms with Gasteiger partial charge < -0.3 is 4.43 Å². The molecule has 0 radical (unpaired) electrons. The summed E-state index contributed by atoms with van der Waals surface area (Å²) in [7, 11) is -1.41. The largest absolute Gasteiger partial charge is 0.417 e. The van der Waals surface area contributed by atoms with Crippen LogP contribution in [0, 0.1) is 5.92 Å². The van der Waals surface area contributed by atoms with Gasteiger partial charge in [-0.15, -0.1) is 0 Å². The van der Waals surface area contributed by atoms with Crippen molar-refractivity contribution in [3.8, 4) is 0 Å². The van der Waals surface area contributed by atoms with Gasteiger partial charge in [-0.2, -0.15) is 0 Å². The first-order chi connectivity index (χ1) is 8.46. The lowest BCUT2D eigenvalue weighted by atomic mass is 9.89. The first-order valence-electron chi connectivity index (χ1n) is 6.81. The van der Waals surface area contributed by atoms with Gasteiger partial charge in [0.2, 0.25) is 0 Å². The van der Waals surface area contributed by atoms with E-state index in [1.807, 2.05) is 0 Å². The summed E-state index contributed by atoms with van der Waals surface area (Å²) in [5.74, 6) is 1.22. The highest BCUT2D eigenvalue weighted by Crippen LogP contribution is 2.42. The molecule has 98 valence electrons. The SMILES string of the molecule is C=C1C[C@H](CO[Si](C)(C)C)[C@@H](c2ccccc2)C1. The van der Waals surface area contributed by atoms with Gasteiger partial charge in [-0.1, -0.05) is 42.5 Å². The van der Waals surface area contributed by atoms with Crippen molar-refractivity contribution in [1.29, 1.82) is 0 Å². The van der Waals surface area contributed by atoms with Crippen molar-refractivity contribution in [3.63, 3.8) is 0 Å². The summed E-state index contributed by atoms with van der Waals surface area (Å²) in [6.07, 6.45) is 2.26. The molecule has 1 aliphatic rings. The number of benzene rings is 1. The number of hydrogen-bond donors (Lipinski definition) is 0. The summed E-state index contributed by atoms with van der Waals surface area (Å²) >= 11 is 0. The molecular weight excluding hydrogens is 236 g/mol. The van der Waals surface area contributed by atoms with E-state index < -0.39 is 8.32 Å². The van der Waals surface area contributed by atoms with Crippen LogP contribution in [0.1, 0.15) is 24.3 Å². The molecule has 0 N–H and O–H groups in total. The highest BCUT2D eigenvalue weighted by molar-refractivity contribution is 6.69. The van der Waals surface area contributed by atoms with Gasteiger partial charge in [0.25, 0.3) is 0 Å². The maximum Gasteiger partial charge on any atom is 0.183 e. The first kappa shape index (κ1) is 13.6. The summed E-state index contributed by atoms with van der Waals surface area (Å²) in [5, 5.41) is 0. The smallest absolute Gasteiger partial charge is 0.183 e. The number of hydrogen-bond acceptors (Lipinski definition) is 1. The standard InChI is InChI=1S/C16H24OSi/c1-13-10-15(12-17-18(2,3)4)16(11-13)14-8-6-5-7-9-14/h5-9,15-16H,1,10-12H2,2-4H3/t15-,16-/m1/s1. The van der Waals surface area contributed by atoms with Gasteiger partial charge in [-0.3, -0.25) is 0 Å². The van der Waals surface area contributed by atoms with Crippen LogP contribution < -0.4 is 0 Å². The van der Waals surface area contributed by atoms with Crippen LogP contribution in [0.5, 0.6) is 0 Å². The zero-order chi connectivity index (χ0) is 13.2. The molecule has 1 nitrogen and oxygen atoms in total. The Morgan fingerprint density at radius 3 is 2.44 bits per heavy atom. The van der Waals surface area contributed by atoms with Gasteiger partial charge >= 0.3 is 0 Å². The Morgan fingerprint density at radius 1 is 1.17 bits per heavy atom. The average molecular weight is 260 g/mol. The molecule has 0 unspecified atom stereocenters. The zero-order valence-electron chi connectivity index (χ0n) is 11.8. The van der Waals surface area contributed by atoms with Crippen molar-refractivity contribution in [2.75, 3.05) is 6.61 Å². The van der Waals surface area contributed by atoms with Crippen molar-refractivity contribution < 1.29 is 4.43 Å². The summed E-state index contributed by atoms with van der Waals surface area (Å²) < 4.78 is 6.11. The molecule has 1 saturated carbocycles. The lowest BCUT2D eigenvalue weighted by molar-refractivity contribution is 0.234. The third kappa shape index (κ3) is 3.56. The minimum atomic E-state index is -1.41. The molecule has 1 aliphatic carbocycles. The molecule has 1 fully saturated rings. The Labute approximate surface area is 112 Å². The minimum absolute atomic E-state index is 0.607. The van der Waals surface area contributed by atoms with Gasteiger partial charge in [0, 0.05) is 6.61 Å². The van der Waals surface area contributed by atoms with Crippen molar-refractivity contribution in [2.24, 2.45) is 5.92 Å². The second-order valence-corrected chi connectivity index (χ2v) is 10.9. The third-order valence-corrected chi connectivity index (χ3v) is 4.62. The van der Waals surface area contributed by atoms with Crippen molar-refractivity contribution in [1.82, 2.24) is 0 Å². The molecule has 0 spiro atoms. The Kier molecular flexibility index (Phi) is 4.08. The lowest BCUT2D eigenvalue weighted by Gasteiger charge is -2.24. The fourth-order valence-corrected chi connectivity index (χ4v) is 3.41. The minimum Gasteiger partial charge on any atom is -0.417 e. The predicted molar refractivity (Wildman–Crippen MR) is 80.3 cm³/mol. The van der Waals surface area contributed by atoms with Gasteiger partial charge in [-0.25, -0.2) is 0 Å². The van der Waals surface area contributed by atoms with Gasteiger partial charge in [-0.05, 0) is 49.9 Å². The van der Waals surface area contributed by atoms with Crippen molar-refractivity contribution in [2.45, 2.75) is 38.4 Å². The Hall–Kier alpha value is -0.863. The fourth-order valence-electron chi connectivity index (χ4n) is 2.70. The maximum atomic E-state index is 6.11. The van der Waals surface area contributed by atoms with Crippen LogP contribution in [0.15, 0.2) is 42.5 Å². The van der Waals surface area contributed by atoms with E-state index in [-0.39, 0.29) is 0 Å². The molecule has 0 heterocycles. The number of rotatable bonds is 4. The van der Waals surface area contributed by atoms with Crippen molar-refractivity contribution in [3.05, 3.63) is 48.0 Å².